The van der Waals surface area contributed by atoms with Crippen LogP contribution in [-0.4, -0.2) is 11.3 Å². The first-order chi connectivity index (χ1) is 5.18. The normalized spacial score (nSPS) is 10.2. The van der Waals surface area contributed by atoms with E-state index in [9.17, 15) is 0 Å². The first-order valence-corrected chi connectivity index (χ1v) is 3.40. The second-order valence-corrected chi connectivity index (χ2v) is 2.33. The van der Waals surface area contributed by atoms with Crippen LogP contribution >= 0.6 is 0 Å². The summed E-state index contributed by atoms with van der Waals surface area (Å²) in [6.07, 6.45) is -0.552. The molecule has 1 aromatic rings. The molecule has 0 amide bonds. The number of rotatable bonds is 2. The highest BCUT2D eigenvalue weighted by Crippen LogP contribution is 2.02. The van der Waals surface area contributed by atoms with Crippen molar-refractivity contribution in [3.63, 3.8) is 0 Å². The topological polar surface area (TPSA) is 77.0 Å². The third-order valence-corrected chi connectivity index (χ3v) is 1.20. The lowest BCUT2D eigenvalue weighted by atomic mass is 10.4. The van der Waals surface area contributed by atoms with Crippen molar-refractivity contribution in [3.8, 4) is 0 Å². The Morgan fingerprint density at radius 1 is 1.45 bits per heavy atom. The molecule has 0 saturated heterocycles. The zero-order valence-electron chi connectivity index (χ0n) is 6.41. The number of anilines is 1. The van der Waals surface area contributed by atoms with Gasteiger partial charge in [0.15, 0.2) is 0 Å². The van der Waals surface area contributed by atoms with Gasteiger partial charge in [-0.15, -0.1) is 0 Å². The van der Waals surface area contributed by atoms with E-state index in [2.05, 4.69) is 10.3 Å². The molecule has 0 bridgehead atoms. The van der Waals surface area contributed by atoms with Gasteiger partial charge in [0.1, 0.15) is 12.1 Å². The summed E-state index contributed by atoms with van der Waals surface area (Å²) in [5, 5.41) is 2.79. The van der Waals surface area contributed by atoms with Gasteiger partial charge in [0, 0.05) is 5.69 Å². The Morgan fingerprint density at radius 3 is 2.73 bits per heavy atom. The quantitative estimate of drug-likeness (QED) is 0.521. The van der Waals surface area contributed by atoms with Crippen LogP contribution in [0.15, 0.2) is 18.2 Å². The van der Waals surface area contributed by atoms with Crippen molar-refractivity contribution in [3.05, 3.63) is 23.9 Å². The van der Waals surface area contributed by atoms with E-state index in [1.54, 1.807) is 0 Å². The number of nitrogens with zero attached hydrogens (tertiary/aromatic N) is 1. The minimum Gasteiger partial charge on any atom is -0.343 e. The molecule has 11 heavy (non-hydrogen) atoms. The molecule has 1 heterocycles. The fourth-order valence-electron chi connectivity index (χ4n) is 0.794. The van der Waals surface area contributed by atoms with E-state index in [0.29, 0.717) is 5.82 Å². The predicted molar refractivity (Wildman–Crippen MR) is 44.8 cm³/mol. The molecule has 0 saturated carbocycles. The molecule has 0 fully saturated rings. The second kappa shape index (κ2) is 3.32. The van der Waals surface area contributed by atoms with Crippen LogP contribution in [0.3, 0.4) is 0 Å². The maximum absolute atomic E-state index is 5.30. The molecule has 4 heteroatoms. The van der Waals surface area contributed by atoms with Crippen molar-refractivity contribution in [1.29, 1.82) is 0 Å². The van der Waals surface area contributed by atoms with Crippen LogP contribution in [0.2, 0.25) is 0 Å². The monoisotopic (exact) mass is 152 g/mol. The van der Waals surface area contributed by atoms with Gasteiger partial charge in [-0.1, -0.05) is 6.07 Å². The number of hydrogen-bond donors (Lipinski definition) is 3. The molecular formula is C7H12N4. The van der Waals surface area contributed by atoms with Crippen molar-refractivity contribution in [2.45, 2.75) is 13.2 Å². The Labute approximate surface area is 65.6 Å². The van der Waals surface area contributed by atoms with Crippen molar-refractivity contribution in [2.75, 3.05) is 5.32 Å². The van der Waals surface area contributed by atoms with Gasteiger partial charge in [-0.25, -0.2) is 4.98 Å². The summed E-state index contributed by atoms with van der Waals surface area (Å²) in [5.74, 6) is 0.708. The van der Waals surface area contributed by atoms with E-state index in [1.807, 2.05) is 25.1 Å². The molecule has 4 nitrogen and oxygen atoms in total. The SMILES string of the molecule is Cc1cccc(NC(N)N)n1. The average molecular weight is 152 g/mol. The minimum absolute atomic E-state index is 0.552. The molecule has 0 aliphatic rings. The van der Waals surface area contributed by atoms with Crippen LogP contribution in [0, 0.1) is 6.92 Å². The summed E-state index contributed by atoms with van der Waals surface area (Å²) < 4.78 is 0. The third kappa shape index (κ3) is 2.53. The van der Waals surface area contributed by atoms with Crippen molar-refractivity contribution in [1.82, 2.24) is 4.98 Å². The molecule has 1 rings (SSSR count). The van der Waals surface area contributed by atoms with Crippen molar-refractivity contribution in [2.24, 2.45) is 11.5 Å². The summed E-state index contributed by atoms with van der Waals surface area (Å²) in [6.45, 7) is 1.91. The highest BCUT2D eigenvalue weighted by Gasteiger charge is 1.94. The Balaban J connectivity index is 2.71. The molecule has 0 spiro atoms. The fraction of sp³-hybridized carbons (Fsp3) is 0.286. The lowest BCUT2D eigenvalue weighted by molar-refractivity contribution is 0.800. The van der Waals surface area contributed by atoms with Gasteiger partial charge in [-0.05, 0) is 19.1 Å². The lowest BCUT2D eigenvalue weighted by Gasteiger charge is -2.08. The maximum atomic E-state index is 5.30. The fourth-order valence-corrected chi connectivity index (χ4v) is 0.794. The predicted octanol–water partition coefficient (Wildman–Crippen LogP) is 0.00292. The van der Waals surface area contributed by atoms with Gasteiger partial charge >= 0.3 is 0 Å². The number of aryl methyl sites for hydroxylation is 1. The van der Waals surface area contributed by atoms with Gasteiger partial charge in [0.2, 0.25) is 0 Å². The van der Waals surface area contributed by atoms with E-state index in [1.165, 1.54) is 0 Å². The van der Waals surface area contributed by atoms with E-state index in [0.717, 1.165) is 5.69 Å². The highest BCUT2D eigenvalue weighted by atomic mass is 15.2. The zero-order valence-corrected chi connectivity index (χ0v) is 6.41. The Kier molecular flexibility index (Phi) is 2.40. The number of nitrogens with two attached hydrogens (primary N) is 2. The minimum atomic E-state index is -0.552. The largest absolute Gasteiger partial charge is 0.343 e. The van der Waals surface area contributed by atoms with Crippen LogP contribution < -0.4 is 16.8 Å². The van der Waals surface area contributed by atoms with E-state index < -0.39 is 6.29 Å². The standard InChI is InChI=1S/C7H12N4/c1-5-3-2-4-6(10-5)11-7(8)9/h2-4,7H,8-9H2,1H3,(H,10,11). The van der Waals surface area contributed by atoms with Gasteiger partial charge in [0.05, 0.1) is 0 Å². The average Bonchev–Trinajstić information content (AvgIpc) is 1.85. The third-order valence-electron chi connectivity index (χ3n) is 1.20. The number of pyridine rings is 1. The van der Waals surface area contributed by atoms with Crippen LogP contribution in [0.25, 0.3) is 0 Å². The summed E-state index contributed by atoms with van der Waals surface area (Å²) in [5.41, 5.74) is 11.5. The van der Waals surface area contributed by atoms with Gasteiger partial charge in [0.25, 0.3) is 0 Å². The first kappa shape index (κ1) is 7.97. The molecule has 0 unspecified atom stereocenters. The van der Waals surface area contributed by atoms with Crippen LogP contribution in [0.1, 0.15) is 5.69 Å². The lowest BCUT2D eigenvalue weighted by Crippen LogP contribution is -2.38. The summed E-state index contributed by atoms with van der Waals surface area (Å²) >= 11 is 0. The molecule has 5 N–H and O–H groups in total. The van der Waals surface area contributed by atoms with Gasteiger partial charge in [-0.3, -0.25) is 11.5 Å². The zero-order chi connectivity index (χ0) is 8.27. The molecule has 0 aromatic carbocycles. The van der Waals surface area contributed by atoms with E-state index in [4.69, 9.17) is 11.5 Å². The summed E-state index contributed by atoms with van der Waals surface area (Å²) in [4.78, 5) is 4.14. The molecule has 0 aliphatic heterocycles. The molecular weight excluding hydrogens is 140 g/mol. The number of hydrogen-bond acceptors (Lipinski definition) is 4. The smallest absolute Gasteiger partial charge is 0.128 e. The summed E-state index contributed by atoms with van der Waals surface area (Å²) in [6, 6.07) is 5.62. The van der Waals surface area contributed by atoms with Crippen molar-refractivity contribution < 1.29 is 0 Å². The van der Waals surface area contributed by atoms with Crippen LogP contribution in [-0.2, 0) is 0 Å². The Morgan fingerprint density at radius 2 is 2.18 bits per heavy atom. The Bertz CT molecular complexity index is 234. The number of nitrogens with one attached hydrogen (secondary N) is 1. The van der Waals surface area contributed by atoms with Gasteiger partial charge < -0.3 is 5.32 Å². The Hall–Kier alpha value is -1.13. The van der Waals surface area contributed by atoms with E-state index >= 15 is 0 Å². The molecule has 60 valence electrons. The molecule has 1 aromatic heterocycles. The first-order valence-electron chi connectivity index (χ1n) is 3.40. The molecule has 0 radical (unpaired) electrons. The van der Waals surface area contributed by atoms with Crippen LogP contribution in [0.4, 0.5) is 5.82 Å². The maximum Gasteiger partial charge on any atom is 0.128 e. The molecule has 0 aliphatic carbocycles. The second-order valence-electron chi connectivity index (χ2n) is 2.33. The number of aromatic nitrogens is 1. The van der Waals surface area contributed by atoms with E-state index in [-0.39, 0.29) is 0 Å². The molecule has 0 atom stereocenters. The van der Waals surface area contributed by atoms with Crippen molar-refractivity contribution >= 4 is 5.82 Å². The summed E-state index contributed by atoms with van der Waals surface area (Å²) in [7, 11) is 0. The van der Waals surface area contributed by atoms with Gasteiger partial charge in [-0.2, -0.15) is 0 Å². The highest BCUT2D eigenvalue weighted by molar-refractivity contribution is 5.35. The van der Waals surface area contributed by atoms with Crippen LogP contribution in [0.5, 0.6) is 0 Å².